The first-order valence-corrected chi connectivity index (χ1v) is 8.94. The van der Waals surface area contributed by atoms with Crippen molar-refractivity contribution in [2.45, 2.75) is 46.6 Å². The second-order valence-electron chi connectivity index (χ2n) is 7.00. The second-order valence-corrected chi connectivity index (χ2v) is 7.00. The Morgan fingerprint density at radius 1 is 1.16 bits per heavy atom. The number of carbonyl (C=O) groups is 1. The van der Waals surface area contributed by atoms with E-state index in [1.807, 2.05) is 47.8 Å². The van der Waals surface area contributed by atoms with Gasteiger partial charge in [-0.15, -0.1) is 5.10 Å². The molecule has 25 heavy (non-hydrogen) atoms. The fourth-order valence-corrected chi connectivity index (χ4v) is 3.29. The topological polar surface area (TPSA) is 51.0 Å². The maximum absolute atomic E-state index is 13.0. The summed E-state index contributed by atoms with van der Waals surface area (Å²) in [5.41, 5.74) is 5.04. The minimum absolute atomic E-state index is 0.135. The average Bonchev–Trinajstić information content (AvgIpc) is 2.93. The Bertz CT molecular complexity index is 784. The van der Waals surface area contributed by atoms with Gasteiger partial charge < -0.3 is 4.90 Å². The summed E-state index contributed by atoms with van der Waals surface area (Å²) >= 11 is 0. The number of aryl methyl sites for hydroxylation is 2. The largest absolute Gasteiger partial charge is 0.338 e. The number of rotatable bonds is 3. The van der Waals surface area contributed by atoms with E-state index < -0.39 is 0 Å². The summed E-state index contributed by atoms with van der Waals surface area (Å²) < 4.78 is 1.88. The minimum Gasteiger partial charge on any atom is -0.338 e. The van der Waals surface area contributed by atoms with Gasteiger partial charge in [-0.1, -0.05) is 29.5 Å². The van der Waals surface area contributed by atoms with Crippen LogP contribution >= 0.6 is 0 Å². The lowest BCUT2D eigenvalue weighted by atomic mass is 10.0. The summed E-state index contributed by atoms with van der Waals surface area (Å²) in [7, 11) is 0. The van der Waals surface area contributed by atoms with Gasteiger partial charge in [-0.05, 0) is 57.2 Å². The van der Waals surface area contributed by atoms with Crippen molar-refractivity contribution < 1.29 is 4.79 Å². The number of amides is 1. The fourth-order valence-electron chi connectivity index (χ4n) is 3.29. The van der Waals surface area contributed by atoms with E-state index in [2.05, 4.69) is 30.2 Å². The lowest BCUT2D eigenvalue weighted by Crippen LogP contribution is -2.33. The Morgan fingerprint density at radius 3 is 2.52 bits per heavy atom. The van der Waals surface area contributed by atoms with E-state index in [1.54, 1.807) is 0 Å². The molecule has 1 amide bonds. The molecule has 0 radical (unpaired) electrons. The summed E-state index contributed by atoms with van der Waals surface area (Å²) in [5, 5.41) is 8.49. The van der Waals surface area contributed by atoms with Crippen LogP contribution in [0.5, 0.6) is 0 Å². The van der Waals surface area contributed by atoms with Crippen LogP contribution in [-0.4, -0.2) is 38.9 Å². The van der Waals surface area contributed by atoms with Crippen LogP contribution in [0.3, 0.4) is 0 Å². The zero-order chi connectivity index (χ0) is 18.0. The van der Waals surface area contributed by atoms with Gasteiger partial charge in [0.1, 0.15) is 5.69 Å². The maximum Gasteiger partial charge on any atom is 0.254 e. The molecule has 132 valence electrons. The van der Waals surface area contributed by atoms with Crippen LogP contribution in [0.4, 0.5) is 0 Å². The minimum atomic E-state index is 0.135. The first-order chi connectivity index (χ1) is 12.0. The highest BCUT2D eigenvalue weighted by molar-refractivity contribution is 5.97. The molecule has 0 bridgehead atoms. The summed E-state index contributed by atoms with van der Waals surface area (Å²) in [6.07, 6.45) is 5.86. The quantitative estimate of drug-likeness (QED) is 0.855. The Kier molecular flexibility index (Phi) is 5.02. The Morgan fingerprint density at radius 2 is 1.88 bits per heavy atom. The van der Waals surface area contributed by atoms with Gasteiger partial charge in [0.15, 0.2) is 0 Å². The molecule has 3 rings (SSSR count). The molecule has 5 nitrogen and oxygen atoms in total. The van der Waals surface area contributed by atoms with Crippen molar-refractivity contribution in [3.05, 3.63) is 52.9 Å². The van der Waals surface area contributed by atoms with Crippen LogP contribution in [0, 0.1) is 13.8 Å². The number of aromatic nitrogens is 3. The van der Waals surface area contributed by atoms with Gasteiger partial charge in [0.05, 0.1) is 6.20 Å². The van der Waals surface area contributed by atoms with Gasteiger partial charge in [0, 0.05) is 24.7 Å². The molecule has 1 aromatic carbocycles. The molecule has 0 spiro atoms. The molecule has 0 fully saturated rings. The van der Waals surface area contributed by atoms with Gasteiger partial charge >= 0.3 is 0 Å². The third kappa shape index (κ3) is 3.65. The molecule has 0 saturated carbocycles. The highest BCUT2D eigenvalue weighted by Gasteiger charge is 2.22. The van der Waals surface area contributed by atoms with Gasteiger partial charge in [0.2, 0.25) is 0 Å². The van der Waals surface area contributed by atoms with Crippen LogP contribution in [0.15, 0.2) is 30.5 Å². The van der Waals surface area contributed by atoms with E-state index in [1.165, 1.54) is 5.57 Å². The predicted octanol–water partition coefficient (Wildman–Crippen LogP) is 3.80. The van der Waals surface area contributed by atoms with Crippen molar-refractivity contribution in [3.8, 4) is 0 Å². The molecule has 1 aromatic heterocycles. The fraction of sp³-hybridized carbons (Fsp3) is 0.450. The number of nitrogens with zero attached hydrogens (tertiary/aromatic N) is 4. The Balaban J connectivity index is 1.74. The third-order valence-electron chi connectivity index (χ3n) is 4.79. The second kappa shape index (κ2) is 7.21. The summed E-state index contributed by atoms with van der Waals surface area (Å²) in [5.74, 6) is 0.135. The maximum atomic E-state index is 13.0. The molecule has 1 aliphatic heterocycles. The summed E-state index contributed by atoms with van der Waals surface area (Å²) in [6, 6.07) is 6.31. The van der Waals surface area contributed by atoms with Crippen molar-refractivity contribution in [1.29, 1.82) is 0 Å². The zero-order valence-electron chi connectivity index (χ0n) is 15.5. The van der Waals surface area contributed by atoms with Crippen LogP contribution in [0.1, 0.15) is 59.9 Å². The molecule has 0 unspecified atom stereocenters. The molecule has 0 N–H and O–H groups in total. The van der Waals surface area contributed by atoms with Crippen molar-refractivity contribution in [2.24, 2.45) is 0 Å². The molecule has 2 aromatic rings. The van der Waals surface area contributed by atoms with Crippen molar-refractivity contribution >= 4 is 11.5 Å². The van der Waals surface area contributed by atoms with Crippen LogP contribution in [0.2, 0.25) is 0 Å². The van der Waals surface area contributed by atoms with E-state index in [0.29, 0.717) is 12.6 Å². The van der Waals surface area contributed by atoms with Crippen molar-refractivity contribution in [1.82, 2.24) is 19.9 Å². The van der Waals surface area contributed by atoms with E-state index in [4.69, 9.17) is 0 Å². The first-order valence-electron chi connectivity index (χ1n) is 8.94. The van der Waals surface area contributed by atoms with Crippen LogP contribution in [0.25, 0.3) is 5.57 Å². The van der Waals surface area contributed by atoms with E-state index >= 15 is 0 Å². The summed E-state index contributed by atoms with van der Waals surface area (Å²) in [4.78, 5) is 15.0. The lowest BCUT2D eigenvalue weighted by molar-refractivity contribution is 0.0763. The molecule has 1 aliphatic rings. The number of hydrogen-bond acceptors (Lipinski definition) is 3. The third-order valence-corrected chi connectivity index (χ3v) is 4.79. The van der Waals surface area contributed by atoms with E-state index in [9.17, 15) is 4.79 Å². The number of carbonyl (C=O) groups excluding carboxylic acids is 1. The standard InChI is InChI=1S/C20H26N4O/c1-14(2)24-13-18(21-22-24)17-9-6-11-23(12-10-17)20(25)19-15(3)7-5-8-16(19)4/h5,7-9,13-14H,6,10-12H2,1-4H3. The predicted molar refractivity (Wildman–Crippen MR) is 99.4 cm³/mol. The SMILES string of the molecule is Cc1cccc(C)c1C(=O)N1CCC=C(c2cn(C(C)C)nn2)CC1. The van der Waals surface area contributed by atoms with Gasteiger partial charge in [-0.3, -0.25) is 4.79 Å². The molecule has 0 atom stereocenters. The Hall–Kier alpha value is -2.43. The summed E-state index contributed by atoms with van der Waals surface area (Å²) in [6.45, 7) is 9.65. The van der Waals surface area contributed by atoms with Gasteiger partial charge in [-0.2, -0.15) is 0 Å². The first kappa shape index (κ1) is 17.4. The number of benzene rings is 1. The van der Waals surface area contributed by atoms with Crippen molar-refractivity contribution in [3.63, 3.8) is 0 Å². The lowest BCUT2D eigenvalue weighted by Gasteiger charge is -2.22. The smallest absolute Gasteiger partial charge is 0.254 e. The van der Waals surface area contributed by atoms with Crippen LogP contribution in [-0.2, 0) is 0 Å². The Labute approximate surface area is 149 Å². The molecular weight excluding hydrogens is 312 g/mol. The van der Waals surface area contributed by atoms with E-state index in [-0.39, 0.29) is 5.91 Å². The molecule has 5 heteroatoms. The van der Waals surface area contributed by atoms with Gasteiger partial charge in [-0.25, -0.2) is 4.68 Å². The van der Waals surface area contributed by atoms with Gasteiger partial charge in [0.25, 0.3) is 5.91 Å². The molecule has 0 saturated heterocycles. The zero-order valence-corrected chi connectivity index (χ0v) is 15.5. The van der Waals surface area contributed by atoms with Crippen LogP contribution < -0.4 is 0 Å². The average molecular weight is 338 g/mol. The molecular formula is C20H26N4O. The molecule has 2 heterocycles. The highest BCUT2D eigenvalue weighted by Crippen LogP contribution is 2.23. The molecule has 0 aliphatic carbocycles. The van der Waals surface area contributed by atoms with E-state index in [0.717, 1.165) is 41.8 Å². The normalized spacial score (nSPS) is 15.2. The highest BCUT2D eigenvalue weighted by atomic mass is 16.2. The number of hydrogen-bond donors (Lipinski definition) is 0. The van der Waals surface area contributed by atoms with Crippen molar-refractivity contribution in [2.75, 3.05) is 13.1 Å². The monoisotopic (exact) mass is 338 g/mol.